The summed E-state index contributed by atoms with van der Waals surface area (Å²) in [5, 5.41) is 10.9. The average Bonchev–Trinajstić information content (AvgIpc) is 3.44. The van der Waals surface area contributed by atoms with Gasteiger partial charge in [-0.2, -0.15) is 0 Å². The fraction of sp³-hybridized carbons (Fsp3) is 0.120. The third-order valence-electron chi connectivity index (χ3n) is 5.39. The Bertz CT molecular complexity index is 1430. The fourth-order valence-corrected chi connectivity index (χ4v) is 3.87. The smallest absolute Gasteiger partial charge is 0.307 e. The first-order valence-corrected chi connectivity index (χ1v) is 10.1. The number of aliphatic carboxylic acids is 1. The average molecular weight is 428 g/mol. The molecule has 0 bridgehead atoms. The molecule has 2 aromatic carbocycles. The Kier molecular flexibility index (Phi) is 5.09. The van der Waals surface area contributed by atoms with Crippen molar-refractivity contribution < 1.29 is 23.5 Å². The standard InChI is InChI=1S/C25H20N2O5/c26-12-18-9-15(5-7-27-18)20-11-21-17(14-32-25(21)19-6-8-30-24(19)20)13-31-22-4-2-1-3-16(22)10-23(28)29/h1-9,11,14H,10,12-13,26H2,(H,28,29). The number of ether oxygens (including phenoxy) is 1. The molecule has 0 aliphatic rings. The lowest BCUT2D eigenvalue weighted by Gasteiger charge is -2.10. The molecule has 0 aliphatic carbocycles. The molecule has 0 unspecified atom stereocenters. The van der Waals surface area contributed by atoms with Gasteiger partial charge in [0, 0.05) is 34.8 Å². The summed E-state index contributed by atoms with van der Waals surface area (Å²) in [6.45, 7) is 0.578. The normalized spacial score (nSPS) is 11.3. The van der Waals surface area contributed by atoms with Crippen LogP contribution in [0.2, 0.25) is 0 Å². The number of hydrogen-bond acceptors (Lipinski definition) is 6. The van der Waals surface area contributed by atoms with Gasteiger partial charge in [0.1, 0.15) is 23.5 Å². The molecule has 0 saturated heterocycles. The van der Waals surface area contributed by atoms with E-state index in [1.807, 2.05) is 30.3 Å². The van der Waals surface area contributed by atoms with Crippen molar-refractivity contribution in [1.29, 1.82) is 0 Å². The van der Waals surface area contributed by atoms with Crippen LogP contribution in [0.15, 0.2) is 76.1 Å². The topological polar surface area (TPSA) is 112 Å². The minimum Gasteiger partial charge on any atom is -0.488 e. The lowest BCUT2D eigenvalue weighted by atomic mass is 10.00. The number of carboxylic acids is 1. The summed E-state index contributed by atoms with van der Waals surface area (Å²) in [4.78, 5) is 15.4. The number of nitrogens with two attached hydrogens (primary N) is 1. The summed E-state index contributed by atoms with van der Waals surface area (Å²) in [7, 11) is 0. The zero-order valence-corrected chi connectivity index (χ0v) is 17.1. The zero-order chi connectivity index (χ0) is 22.1. The molecule has 3 aromatic heterocycles. The van der Waals surface area contributed by atoms with E-state index in [2.05, 4.69) is 4.98 Å². The number of carboxylic acid groups (broad SMARTS) is 1. The van der Waals surface area contributed by atoms with Crippen LogP contribution in [0.5, 0.6) is 5.75 Å². The fourth-order valence-electron chi connectivity index (χ4n) is 3.87. The summed E-state index contributed by atoms with van der Waals surface area (Å²) >= 11 is 0. The molecule has 7 heteroatoms. The van der Waals surface area contributed by atoms with Gasteiger partial charge in [-0.15, -0.1) is 0 Å². The largest absolute Gasteiger partial charge is 0.488 e. The van der Waals surface area contributed by atoms with Crippen molar-refractivity contribution in [2.24, 2.45) is 5.73 Å². The molecule has 32 heavy (non-hydrogen) atoms. The molecule has 3 N–H and O–H groups in total. The SMILES string of the molecule is NCc1cc(-c2cc3c(COc4ccccc4CC(=O)O)coc3c3ccoc23)ccn1. The molecule has 0 saturated carbocycles. The summed E-state index contributed by atoms with van der Waals surface area (Å²) < 4.78 is 17.6. The van der Waals surface area contributed by atoms with Crippen LogP contribution >= 0.6 is 0 Å². The molecule has 5 rings (SSSR count). The number of aromatic nitrogens is 1. The Labute approximate surface area is 183 Å². The number of pyridine rings is 1. The van der Waals surface area contributed by atoms with Crippen LogP contribution in [0.25, 0.3) is 33.1 Å². The second kappa shape index (κ2) is 8.20. The predicted octanol–water partition coefficient (Wildman–Crippen LogP) is 4.91. The van der Waals surface area contributed by atoms with Gasteiger partial charge in [-0.05, 0) is 35.9 Å². The first-order valence-electron chi connectivity index (χ1n) is 10.1. The Morgan fingerprint density at radius 1 is 1.03 bits per heavy atom. The number of para-hydroxylation sites is 1. The molecular formula is C25H20N2O5. The molecule has 0 fully saturated rings. The van der Waals surface area contributed by atoms with Crippen molar-refractivity contribution in [2.45, 2.75) is 19.6 Å². The van der Waals surface area contributed by atoms with E-state index >= 15 is 0 Å². The Hall–Kier alpha value is -4.10. The number of furan rings is 2. The third kappa shape index (κ3) is 3.59. The molecule has 5 aromatic rings. The number of fused-ring (bicyclic) bond motifs is 3. The summed E-state index contributed by atoms with van der Waals surface area (Å²) in [5.74, 6) is -0.369. The van der Waals surface area contributed by atoms with E-state index in [9.17, 15) is 4.79 Å². The maximum absolute atomic E-state index is 11.2. The van der Waals surface area contributed by atoms with Gasteiger partial charge in [-0.3, -0.25) is 9.78 Å². The van der Waals surface area contributed by atoms with Crippen LogP contribution in [0, 0.1) is 0 Å². The van der Waals surface area contributed by atoms with Gasteiger partial charge in [-0.25, -0.2) is 0 Å². The van der Waals surface area contributed by atoms with Gasteiger partial charge in [0.2, 0.25) is 0 Å². The van der Waals surface area contributed by atoms with Crippen molar-refractivity contribution in [3.05, 3.63) is 84.1 Å². The number of benzene rings is 2. The van der Waals surface area contributed by atoms with Crippen molar-refractivity contribution >= 4 is 27.9 Å². The number of hydrogen-bond donors (Lipinski definition) is 2. The van der Waals surface area contributed by atoms with Crippen LogP contribution < -0.4 is 10.5 Å². The number of nitrogens with zero attached hydrogens (tertiary/aromatic N) is 1. The molecular weight excluding hydrogens is 408 g/mol. The van der Waals surface area contributed by atoms with E-state index in [-0.39, 0.29) is 13.0 Å². The van der Waals surface area contributed by atoms with Crippen molar-refractivity contribution in [3.8, 4) is 16.9 Å². The molecule has 0 atom stereocenters. The minimum atomic E-state index is -0.906. The van der Waals surface area contributed by atoms with E-state index in [0.717, 1.165) is 38.7 Å². The van der Waals surface area contributed by atoms with Crippen LogP contribution in [-0.2, 0) is 24.4 Å². The van der Waals surface area contributed by atoms with Crippen LogP contribution in [-0.4, -0.2) is 16.1 Å². The van der Waals surface area contributed by atoms with Gasteiger partial charge in [0.05, 0.1) is 30.0 Å². The van der Waals surface area contributed by atoms with E-state index < -0.39 is 5.97 Å². The molecule has 0 aliphatic heterocycles. The van der Waals surface area contributed by atoms with E-state index in [0.29, 0.717) is 23.4 Å². The summed E-state index contributed by atoms with van der Waals surface area (Å²) in [6, 6.07) is 14.9. The van der Waals surface area contributed by atoms with Gasteiger partial charge in [0.25, 0.3) is 0 Å². The van der Waals surface area contributed by atoms with Gasteiger partial charge in [0.15, 0.2) is 0 Å². The zero-order valence-electron chi connectivity index (χ0n) is 17.1. The second-order valence-electron chi connectivity index (χ2n) is 7.43. The maximum Gasteiger partial charge on any atom is 0.307 e. The lowest BCUT2D eigenvalue weighted by molar-refractivity contribution is -0.136. The van der Waals surface area contributed by atoms with Crippen molar-refractivity contribution in [1.82, 2.24) is 4.98 Å². The molecule has 160 valence electrons. The van der Waals surface area contributed by atoms with Crippen LogP contribution in [0.4, 0.5) is 0 Å². The Morgan fingerprint density at radius 2 is 1.91 bits per heavy atom. The molecule has 0 amide bonds. The van der Waals surface area contributed by atoms with E-state index in [1.165, 1.54) is 0 Å². The Balaban J connectivity index is 1.55. The highest BCUT2D eigenvalue weighted by molar-refractivity contribution is 6.10. The van der Waals surface area contributed by atoms with E-state index in [1.54, 1.807) is 36.9 Å². The van der Waals surface area contributed by atoms with E-state index in [4.69, 9.17) is 24.4 Å². The first kappa shape index (κ1) is 19.8. The van der Waals surface area contributed by atoms with Gasteiger partial charge < -0.3 is 24.4 Å². The lowest BCUT2D eigenvalue weighted by Crippen LogP contribution is -2.04. The number of rotatable bonds is 7. The second-order valence-corrected chi connectivity index (χ2v) is 7.43. The molecule has 3 heterocycles. The monoisotopic (exact) mass is 428 g/mol. The first-order chi connectivity index (χ1) is 15.6. The molecule has 0 spiro atoms. The summed E-state index contributed by atoms with van der Waals surface area (Å²) in [5.41, 5.74) is 11.3. The minimum absolute atomic E-state index is 0.104. The van der Waals surface area contributed by atoms with Gasteiger partial charge in [-0.1, -0.05) is 18.2 Å². The predicted molar refractivity (Wildman–Crippen MR) is 119 cm³/mol. The molecule has 0 radical (unpaired) electrons. The highest BCUT2D eigenvalue weighted by Gasteiger charge is 2.18. The van der Waals surface area contributed by atoms with Crippen LogP contribution in [0.3, 0.4) is 0 Å². The highest BCUT2D eigenvalue weighted by Crippen LogP contribution is 2.38. The Morgan fingerprint density at radius 3 is 2.75 bits per heavy atom. The summed E-state index contributed by atoms with van der Waals surface area (Å²) in [6.07, 6.45) is 4.93. The van der Waals surface area contributed by atoms with Crippen molar-refractivity contribution in [3.63, 3.8) is 0 Å². The van der Waals surface area contributed by atoms with Crippen LogP contribution in [0.1, 0.15) is 16.8 Å². The molecule has 7 nitrogen and oxygen atoms in total. The van der Waals surface area contributed by atoms with Gasteiger partial charge >= 0.3 is 5.97 Å². The number of carbonyl (C=O) groups is 1. The maximum atomic E-state index is 11.2. The van der Waals surface area contributed by atoms with Crippen molar-refractivity contribution in [2.75, 3.05) is 0 Å². The quantitative estimate of drug-likeness (QED) is 0.379. The highest BCUT2D eigenvalue weighted by atomic mass is 16.5. The third-order valence-corrected chi connectivity index (χ3v) is 5.39.